The van der Waals surface area contributed by atoms with Gasteiger partial charge < -0.3 is 10.5 Å². The topological polar surface area (TPSA) is 66.0 Å². The van der Waals surface area contributed by atoms with Gasteiger partial charge in [0.05, 0.1) is 12.7 Å². The Kier molecular flexibility index (Phi) is 3.94. The van der Waals surface area contributed by atoms with Crippen LogP contribution in [0.5, 0.6) is 5.75 Å². The summed E-state index contributed by atoms with van der Waals surface area (Å²) in [6.45, 7) is 0.742. The Morgan fingerprint density at radius 2 is 2.33 bits per heavy atom. The number of benzene rings is 1. The van der Waals surface area contributed by atoms with Gasteiger partial charge in [0.15, 0.2) is 0 Å². The van der Waals surface area contributed by atoms with Gasteiger partial charge in [-0.1, -0.05) is 23.1 Å². The van der Waals surface area contributed by atoms with E-state index in [1.54, 1.807) is 4.68 Å². The molecule has 5 nitrogen and oxygen atoms in total. The maximum atomic E-state index is 5.61. The van der Waals surface area contributed by atoms with Crippen LogP contribution in [0.4, 0.5) is 0 Å². The van der Waals surface area contributed by atoms with E-state index >= 15 is 0 Å². The first-order chi connectivity index (χ1) is 8.78. The molecule has 0 atom stereocenters. The van der Waals surface area contributed by atoms with Gasteiger partial charge in [-0.3, -0.25) is 4.68 Å². The number of aryl methyl sites for hydroxylation is 1. The Balaban J connectivity index is 2.01. The van der Waals surface area contributed by atoms with Crippen molar-refractivity contribution in [1.29, 1.82) is 0 Å². The molecule has 1 aromatic heterocycles. The molecule has 0 aliphatic rings. The van der Waals surface area contributed by atoms with Crippen LogP contribution in [0, 0.1) is 11.8 Å². The summed E-state index contributed by atoms with van der Waals surface area (Å²) in [5.74, 6) is 6.52. The largest absolute Gasteiger partial charge is 0.487 e. The van der Waals surface area contributed by atoms with Crippen molar-refractivity contribution in [3.8, 4) is 17.6 Å². The zero-order valence-electron chi connectivity index (χ0n) is 10.1. The van der Waals surface area contributed by atoms with Crippen LogP contribution >= 0.6 is 0 Å². The molecule has 0 saturated heterocycles. The van der Waals surface area contributed by atoms with E-state index in [9.17, 15) is 0 Å². The van der Waals surface area contributed by atoms with Gasteiger partial charge >= 0.3 is 0 Å². The third kappa shape index (κ3) is 3.34. The normalized spacial score (nSPS) is 9.67. The number of ether oxygens (including phenoxy) is 1. The minimum atomic E-state index is 0.352. The molecule has 0 amide bonds. The van der Waals surface area contributed by atoms with Crippen molar-refractivity contribution in [2.75, 3.05) is 6.54 Å². The number of nitrogens with zero attached hydrogens (tertiary/aromatic N) is 3. The molecular formula is C13H14N4O. The Morgan fingerprint density at radius 1 is 1.44 bits per heavy atom. The highest BCUT2D eigenvalue weighted by atomic mass is 16.5. The Labute approximate surface area is 106 Å². The number of rotatable bonds is 3. The molecule has 2 N–H and O–H groups in total. The second-order valence-corrected chi connectivity index (χ2v) is 3.71. The molecule has 1 aromatic carbocycles. The van der Waals surface area contributed by atoms with Crippen LogP contribution in [0.1, 0.15) is 11.3 Å². The van der Waals surface area contributed by atoms with Gasteiger partial charge in [-0.05, 0) is 18.2 Å². The molecular weight excluding hydrogens is 228 g/mol. The fourth-order valence-electron chi connectivity index (χ4n) is 1.44. The van der Waals surface area contributed by atoms with Crippen LogP contribution in [-0.2, 0) is 13.7 Å². The SMILES string of the molecule is Cn1cc(COc2cccc(C#CCN)c2)nn1. The number of aromatic nitrogens is 3. The van der Waals surface area contributed by atoms with Gasteiger partial charge in [0.2, 0.25) is 0 Å². The van der Waals surface area contributed by atoms with Crippen LogP contribution in [0.3, 0.4) is 0 Å². The third-order valence-electron chi connectivity index (χ3n) is 2.21. The van der Waals surface area contributed by atoms with Crippen LogP contribution < -0.4 is 10.5 Å². The van der Waals surface area contributed by atoms with Crippen molar-refractivity contribution < 1.29 is 4.74 Å². The van der Waals surface area contributed by atoms with E-state index in [4.69, 9.17) is 10.5 Å². The van der Waals surface area contributed by atoms with Crippen LogP contribution in [0.2, 0.25) is 0 Å². The first-order valence-electron chi connectivity index (χ1n) is 5.55. The first kappa shape index (κ1) is 12.1. The smallest absolute Gasteiger partial charge is 0.134 e. The molecule has 1 heterocycles. The van der Waals surface area contributed by atoms with E-state index < -0.39 is 0 Å². The number of nitrogens with two attached hydrogens (primary N) is 1. The minimum absolute atomic E-state index is 0.352. The van der Waals surface area contributed by atoms with E-state index in [2.05, 4.69) is 22.2 Å². The van der Waals surface area contributed by atoms with Gasteiger partial charge in [-0.2, -0.15) is 0 Å². The maximum Gasteiger partial charge on any atom is 0.134 e. The van der Waals surface area contributed by atoms with Gasteiger partial charge in [0, 0.05) is 12.6 Å². The summed E-state index contributed by atoms with van der Waals surface area (Å²) >= 11 is 0. The average Bonchev–Trinajstić information content (AvgIpc) is 2.80. The van der Waals surface area contributed by atoms with E-state index in [1.807, 2.05) is 37.5 Å². The summed E-state index contributed by atoms with van der Waals surface area (Å²) in [5, 5.41) is 7.78. The van der Waals surface area contributed by atoms with Crippen molar-refractivity contribution in [3.63, 3.8) is 0 Å². The highest BCUT2D eigenvalue weighted by Crippen LogP contribution is 2.13. The van der Waals surface area contributed by atoms with Crippen molar-refractivity contribution in [3.05, 3.63) is 41.7 Å². The predicted octanol–water partition coefficient (Wildman–Crippen LogP) is 0.704. The van der Waals surface area contributed by atoms with Gasteiger partial charge in [-0.25, -0.2) is 0 Å². The Bertz CT molecular complexity index is 580. The summed E-state index contributed by atoms with van der Waals surface area (Å²) in [6.07, 6.45) is 1.82. The molecule has 0 fully saturated rings. The molecule has 0 aliphatic heterocycles. The van der Waals surface area contributed by atoms with E-state index in [0.29, 0.717) is 13.2 Å². The summed E-state index contributed by atoms with van der Waals surface area (Å²) in [4.78, 5) is 0. The van der Waals surface area contributed by atoms with Gasteiger partial charge in [0.1, 0.15) is 18.1 Å². The molecule has 0 bridgehead atoms. The summed E-state index contributed by atoms with van der Waals surface area (Å²) < 4.78 is 7.25. The molecule has 0 spiro atoms. The van der Waals surface area contributed by atoms with Crippen LogP contribution in [0.15, 0.2) is 30.5 Å². The highest BCUT2D eigenvalue weighted by Gasteiger charge is 2.00. The molecule has 0 unspecified atom stereocenters. The summed E-state index contributed by atoms with van der Waals surface area (Å²) in [6, 6.07) is 7.56. The molecule has 5 heteroatoms. The maximum absolute atomic E-state index is 5.61. The van der Waals surface area contributed by atoms with Crippen molar-refractivity contribution >= 4 is 0 Å². The predicted molar refractivity (Wildman–Crippen MR) is 67.7 cm³/mol. The van der Waals surface area contributed by atoms with Crippen molar-refractivity contribution in [2.45, 2.75) is 6.61 Å². The third-order valence-corrected chi connectivity index (χ3v) is 2.21. The van der Waals surface area contributed by atoms with E-state index in [0.717, 1.165) is 17.0 Å². The van der Waals surface area contributed by atoms with E-state index in [-0.39, 0.29) is 0 Å². The number of hydrogen-bond acceptors (Lipinski definition) is 4. The Morgan fingerprint density at radius 3 is 3.06 bits per heavy atom. The molecule has 0 radical (unpaired) electrons. The molecule has 2 aromatic rings. The zero-order chi connectivity index (χ0) is 12.8. The Hall–Kier alpha value is -2.32. The minimum Gasteiger partial charge on any atom is -0.487 e. The first-order valence-corrected chi connectivity index (χ1v) is 5.55. The summed E-state index contributed by atoms with van der Waals surface area (Å²) in [5.41, 5.74) is 7.00. The highest BCUT2D eigenvalue weighted by molar-refractivity contribution is 5.39. The monoisotopic (exact) mass is 242 g/mol. The van der Waals surface area contributed by atoms with Crippen molar-refractivity contribution in [2.24, 2.45) is 12.8 Å². The average molecular weight is 242 g/mol. The zero-order valence-corrected chi connectivity index (χ0v) is 10.1. The fourth-order valence-corrected chi connectivity index (χ4v) is 1.44. The molecule has 18 heavy (non-hydrogen) atoms. The lowest BCUT2D eigenvalue weighted by Gasteiger charge is -2.03. The van der Waals surface area contributed by atoms with E-state index in [1.165, 1.54) is 0 Å². The lowest BCUT2D eigenvalue weighted by molar-refractivity contribution is 0.301. The fraction of sp³-hybridized carbons (Fsp3) is 0.231. The van der Waals surface area contributed by atoms with Crippen LogP contribution in [-0.4, -0.2) is 21.5 Å². The standard InChI is InChI=1S/C13H14N4O/c1-17-9-12(15-16-17)10-18-13-6-2-4-11(8-13)5-3-7-14/h2,4,6,8-9H,7,10,14H2,1H3. The molecule has 2 rings (SSSR count). The second-order valence-electron chi connectivity index (χ2n) is 3.71. The molecule has 0 saturated carbocycles. The van der Waals surface area contributed by atoms with Crippen molar-refractivity contribution in [1.82, 2.24) is 15.0 Å². The quantitative estimate of drug-likeness (QED) is 0.805. The lowest BCUT2D eigenvalue weighted by atomic mass is 10.2. The van der Waals surface area contributed by atoms with Crippen LogP contribution in [0.25, 0.3) is 0 Å². The van der Waals surface area contributed by atoms with Gasteiger partial charge in [0.25, 0.3) is 0 Å². The summed E-state index contributed by atoms with van der Waals surface area (Å²) in [7, 11) is 1.82. The lowest BCUT2D eigenvalue weighted by Crippen LogP contribution is -1.96. The molecule has 0 aliphatic carbocycles. The number of hydrogen-bond donors (Lipinski definition) is 1. The second kappa shape index (κ2) is 5.84. The molecule has 92 valence electrons. The van der Waals surface area contributed by atoms with Gasteiger partial charge in [-0.15, -0.1) is 5.10 Å².